The molecule has 5 nitrogen and oxygen atoms in total. The van der Waals surface area contributed by atoms with Crippen LogP contribution in [0.15, 0.2) is 11.8 Å². The summed E-state index contributed by atoms with van der Waals surface area (Å²) in [7, 11) is 0. The number of rotatable bonds is 6. The van der Waals surface area contributed by atoms with Crippen molar-refractivity contribution in [1.29, 1.82) is 5.41 Å². The number of allylic oxidation sites excluding steroid dienone is 2. The van der Waals surface area contributed by atoms with Gasteiger partial charge in [-0.1, -0.05) is 20.8 Å². The SMILES string of the molecule is C/C=C1/OC2C(OC(=O)COC(C)(C)C(=N)C(C)C)C34CC3C(C)C1C24. The molecule has 4 rings (SSSR count). The van der Waals surface area contributed by atoms with Crippen molar-refractivity contribution >= 4 is 11.7 Å². The van der Waals surface area contributed by atoms with E-state index in [1.54, 1.807) is 0 Å². The fraction of sp³-hybridized carbons (Fsp3) is 0.810. The molecule has 144 valence electrons. The maximum atomic E-state index is 12.5. The molecule has 5 heteroatoms. The molecule has 4 fully saturated rings. The summed E-state index contributed by atoms with van der Waals surface area (Å²) in [6, 6.07) is 0. The van der Waals surface area contributed by atoms with Gasteiger partial charge in [0, 0.05) is 23.0 Å². The smallest absolute Gasteiger partial charge is 0.332 e. The summed E-state index contributed by atoms with van der Waals surface area (Å²) in [5, 5.41) is 8.14. The van der Waals surface area contributed by atoms with Gasteiger partial charge in [-0.25, -0.2) is 4.79 Å². The molecule has 1 saturated heterocycles. The van der Waals surface area contributed by atoms with Crippen molar-refractivity contribution in [2.24, 2.45) is 35.0 Å². The number of hydrogen-bond acceptors (Lipinski definition) is 5. The normalized spacial score (nSPS) is 43.6. The second-order valence-electron chi connectivity index (χ2n) is 9.39. The predicted molar refractivity (Wildman–Crippen MR) is 97.8 cm³/mol. The van der Waals surface area contributed by atoms with Crippen LogP contribution in [0.1, 0.15) is 48.0 Å². The van der Waals surface area contributed by atoms with Crippen molar-refractivity contribution < 1.29 is 19.0 Å². The van der Waals surface area contributed by atoms with Crippen molar-refractivity contribution in [3.8, 4) is 0 Å². The highest BCUT2D eigenvalue weighted by atomic mass is 16.6. The maximum absolute atomic E-state index is 12.5. The number of ether oxygens (including phenoxy) is 3. The zero-order chi connectivity index (χ0) is 19.0. The van der Waals surface area contributed by atoms with Gasteiger partial charge in [0.15, 0.2) is 0 Å². The minimum absolute atomic E-state index is 0.0204. The van der Waals surface area contributed by atoms with Crippen LogP contribution in [0.2, 0.25) is 0 Å². The van der Waals surface area contributed by atoms with Crippen LogP contribution >= 0.6 is 0 Å². The Labute approximate surface area is 156 Å². The summed E-state index contributed by atoms with van der Waals surface area (Å²) < 4.78 is 17.7. The van der Waals surface area contributed by atoms with E-state index >= 15 is 0 Å². The summed E-state index contributed by atoms with van der Waals surface area (Å²) in [6.07, 6.45) is 3.13. The van der Waals surface area contributed by atoms with Gasteiger partial charge in [-0.05, 0) is 51.0 Å². The van der Waals surface area contributed by atoms with Crippen molar-refractivity contribution in [3.05, 3.63) is 11.8 Å². The van der Waals surface area contributed by atoms with Crippen LogP contribution < -0.4 is 0 Å². The molecule has 1 heterocycles. The Kier molecular flexibility index (Phi) is 3.86. The Morgan fingerprint density at radius 1 is 1.46 bits per heavy atom. The molecule has 0 amide bonds. The van der Waals surface area contributed by atoms with E-state index < -0.39 is 5.60 Å². The number of esters is 1. The molecule has 4 aliphatic rings. The van der Waals surface area contributed by atoms with Gasteiger partial charge in [0.05, 0.1) is 5.76 Å². The largest absolute Gasteiger partial charge is 0.491 e. The minimum atomic E-state index is -0.759. The molecule has 0 aromatic rings. The lowest BCUT2D eigenvalue weighted by molar-refractivity contribution is -0.198. The monoisotopic (exact) mass is 361 g/mol. The lowest BCUT2D eigenvalue weighted by Crippen LogP contribution is -2.58. The number of carbonyl (C=O) groups is 1. The molecule has 3 aliphatic carbocycles. The van der Waals surface area contributed by atoms with Gasteiger partial charge >= 0.3 is 5.97 Å². The van der Waals surface area contributed by atoms with E-state index in [1.165, 1.54) is 0 Å². The van der Waals surface area contributed by atoms with E-state index in [1.807, 2.05) is 34.6 Å². The molecule has 1 aliphatic heterocycles. The van der Waals surface area contributed by atoms with Crippen LogP contribution in [0.25, 0.3) is 0 Å². The molecule has 0 radical (unpaired) electrons. The van der Waals surface area contributed by atoms with Crippen molar-refractivity contribution in [2.75, 3.05) is 6.61 Å². The standard InChI is InChI=1S/C21H31NO4/c1-7-13-15-11(4)12-8-21(12)16(15)17(25-13)19(21)26-14(23)9-24-20(5,6)18(22)10(2)3/h7,10-12,15-17,19,22H,8-9H2,1-6H3/b13-7+,22-18?. The molecule has 1 spiro atoms. The fourth-order valence-electron chi connectivity index (χ4n) is 6.13. The minimum Gasteiger partial charge on any atom is -0.491 e. The van der Waals surface area contributed by atoms with Gasteiger partial charge in [-0.3, -0.25) is 0 Å². The highest BCUT2D eigenvalue weighted by molar-refractivity contribution is 5.91. The first kappa shape index (κ1) is 18.0. The van der Waals surface area contributed by atoms with Crippen LogP contribution in [0.5, 0.6) is 0 Å². The summed E-state index contributed by atoms with van der Waals surface area (Å²) >= 11 is 0. The van der Waals surface area contributed by atoms with Gasteiger partial charge in [-0.2, -0.15) is 0 Å². The highest BCUT2D eigenvalue weighted by Gasteiger charge is 2.86. The number of nitrogens with one attached hydrogen (secondary N) is 1. The Morgan fingerprint density at radius 3 is 2.77 bits per heavy atom. The van der Waals surface area contributed by atoms with Crippen LogP contribution in [-0.2, 0) is 19.0 Å². The van der Waals surface area contributed by atoms with E-state index in [2.05, 4.69) is 13.0 Å². The Hall–Kier alpha value is -1.36. The van der Waals surface area contributed by atoms with Gasteiger partial charge in [0.25, 0.3) is 0 Å². The molecular weight excluding hydrogens is 330 g/mol. The first-order valence-corrected chi connectivity index (χ1v) is 9.90. The summed E-state index contributed by atoms with van der Waals surface area (Å²) in [5.41, 5.74) is -0.112. The fourth-order valence-corrected chi connectivity index (χ4v) is 6.13. The second-order valence-corrected chi connectivity index (χ2v) is 9.39. The van der Waals surface area contributed by atoms with Crippen LogP contribution in [-0.4, -0.2) is 36.1 Å². The van der Waals surface area contributed by atoms with Gasteiger partial charge in [-0.15, -0.1) is 0 Å². The Morgan fingerprint density at radius 2 is 2.15 bits per heavy atom. The predicted octanol–water partition coefficient (Wildman–Crippen LogP) is 3.57. The van der Waals surface area contributed by atoms with Crippen molar-refractivity contribution in [2.45, 2.75) is 65.8 Å². The zero-order valence-electron chi connectivity index (χ0n) is 16.7. The summed E-state index contributed by atoms with van der Waals surface area (Å²) in [5.74, 6) is 3.16. The molecule has 0 bridgehead atoms. The summed E-state index contributed by atoms with van der Waals surface area (Å²) in [6.45, 7) is 11.8. The molecular formula is C21H31NO4. The molecule has 3 saturated carbocycles. The average molecular weight is 361 g/mol. The first-order valence-electron chi connectivity index (χ1n) is 9.90. The van der Waals surface area contributed by atoms with E-state index in [9.17, 15) is 4.79 Å². The molecule has 1 N–H and O–H groups in total. The Balaban J connectivity index is 1.39. The maximum Gasteiger partial charge on any atom is 0.332 e. The van der Waals surface area contributed by atoms with E-state index in [0.29, 0.717) is 29.4 Å². The zero-order valence-corrected chi connectivity index (χ0v) is 16.7. The molecule has 7 atom stereocenters. The third kappa shape index (κ3) is 2.19. The quantitative estimate of drug-likeness (QED) is 0.580. The first-order chi connectivity index (χ1) is 12.1. The molecule has 0 aromatic heterocycles. The lowest BCUT2D eigenvalue weighted by Gasteiger charge is -2.46. The van der Waals surface area contributed by atoms with Gasteiger partial charge in [0.2, 0.25) is 0 Å². The van der Waals surface area contributed by atoms with E-state index in [4.69, 9.17) is 19.6 Å². The van der Waals surface area contributed by atoms with E-state index in [-0.39, 0.29) is 36.1 Å². The molecule has 26 heavy (non-hydrogen) atoms. The average Bonchev–Trinajstić information content (AvgIpc) is 3.20. The van der Waals surface area contributed by atoms with Crippen LogP contribution in [0.4, 0.5) is 0 Å². The summed E-state index contributed by atoms with van der Waals surface area (Å²) in [4.78, 5) is 12.5. The lowest BCUT2D eigenvalue weighted by atomic mass is 9.63. The van der Waals surface area contributed by atoms with Crippen molar-refractivity contribution in [1.82, 2.24) is 0 Å². The molecule has 0 aromatic carbocycles. The van der Waals surface area contributed by atoms with Crippen LogP contribution in [0.3, 0.4) is 0 Å². The third-order valence-electron chi connectivity index (χ3n) is 7.41. The third-order valence-corrected chi connectivity index (χ3v) is 7.41. The number of carbonyl (C=O) groups excluding carboxylic acids is 1. The van der Waals surface area contributed by atoms with Crippen molar-refractivity contribution in [3.63, 3.8) is 0 Å². The van der Waals surface area contributed by atoms with Crippen LogP contribution in [0, 0.1) is 40.4 Å². The van der Waals surface area contributed by atoms with Gasteiger partial charge < -0.3 is 19.6 Å². The highest BCUT2D eigenvalue weighted by Crippen LogP contribution is 2.83. The van der Waals surface area contributed by atoms with E-state index in [0.717, 1.165) is 12.2 Å². The molecule has 7 unspecified atom stereocenters. The Bertz CT molecular complexity index is 681. The topological polar surface area (TPSA) is 68.6 Å². The van der Waals surface area contributed by atoms with Gasteiger partial charge in [0.1, 0.15) is 24.4 Å². The number of hydrogen-bond donors (Lipinski definition) is 1. The second kappa shape index (κ2) is 5.57.